The molecule has 0 unspecified atom stereocenters. The molecule has 2 saturated heterocycles. The number of nitrogens with zero attached hydrogens (tertiary/aromatic N) is 5. The van der Waals surface area contributed by atoms with Gasteiger partial charge in [0.05, 0.1) is 9.44 Å². The Morgan fingerprint density at radius 3 is 2.02 bits per heavy atom. The van der Waals surface area contributed by atoms with Crippen molar-refractivity contribution in [3.63, 3.8) is 0 Å². The number of hydrogen-bond donors (Lipinski definition) is 2. The second-order valence-electron chi connectivity index (χ2n) is 14.4. The molecule has 0 aromatic carbocycles. The fraction of sp³-hybridized carbons (Fsp3) is 0.455. The van der Waals surface area contributed by atoms with Crippen molar-refractivity contribution in [3.8, 4) is 12.1 Å². The van der Waals surface area contributed by atoms with Crippen molar-refractivity contribution in [2.75, 3.05) is 13.1 Å². The highest BCUT2D eigenvalue weighted by atomic mass is 32.2. The molecule has 3 heterocycles. The topological polar surface area (TPSA) is 228 Å². The molecule has 0 atom stereocenters. The summed E-state index contributed by atoms with van der Waals surface area (Å²) in [5.41, 5.74) is 1.00. The molecule has 1 aliphatic carbocycles. The summed E-state index contributed by atoms with van der Waals surface area (Å²) in [6.45, 7) is 16.2. The molecule has 2 aliphatic heterocycles. The quantitative estimate of drug-likeness (QED) is 0.0604. The zero-order valence-electron chi connectivity index (χ0n) is 36.8. The van der Waals surface area contributed by atoms with Gasteiger partial charge >= 0.3 is 11.9 Å². The molecule has 3 amide bonds. The largest absolute Gasteiger partial charge is 0.477 e. The van der Waals surface area contributed by atoms with Crippen molar-refractivity contribution < 1.29 is 43.7 Å². The number of carbonyl (C=O) groups is 6. The summed E-state index contributed by atoms with van der Waals surface area (Å²) >= 11 is 8.32. The van der Waals surface area contributed by atoms with E-state index in [1.54, 1.807) is 30.0 Å². The van der Waals surface area contributed by atoms with Crippen LogP contribution in [0.3, 0.4) is 0 Å². The maximum Gasteiger partial charge on any atom is 0.346 e. The van der Waals surface area contributed by atoms with Gasteiger partial charge in [0.2, 0.25) is 0 Å². The van der Waals surface area contributed by atoms with Crippen LogP contribution in [-0.2, 0) is 35.4 Å². The van der Waals surface area contributed by atoms with Gasteiger partial charge in [-0.1, -0.05) is 113 Å². The van der Waals surface area contributed by atoms with Crippen LogP contribution in [0, 0.1) is 28.1 Å². The number of rotatable bonds is 14. The minimum atomic E-state index is -1.17. The van der Waals surface area contributed by atoms with Gasteiger partial charge in [-0.15, -0.1) is 11.3 Å². The SMILES string of the molecule is C/C=C(/C#N)C(=O)O.C/C=C/C1=CC(=C(\C#N)C(=O)O)/CC(C)(C)C1.C/C=C1/SC(=S)N(CC)C1=O.C/C=c1/s/c(=C2/SC(=O)N(CCCCCCCC)C2=O)n(COC=O)c1=O. The van der Waals surface area contributed by atoms with Gasteiger partial charge in [-0.2, -0.15) is 10.5 Å². The Morgan fingerprint density at radius 2 is 1.56 bits per heavy atom. The fourth-order valence-electron chi connectivity index (χ4n) is 6.07. The van der Waals surface area contributed by atoms with E-state index in [2.05, 4.69) is 20.8 Å². The monoisotopic (exact) mass is 941 g/mol. The molecule has 63 heavy (non-hydrogen) atoms. The number of carboxylic acid groups (broad SMARTS) is 2. The van der Waals surface area contributed by atoms with E-state index in [0.717, 1.165) is 59.3 Å². The van der Waals surface area contributed by atoms with E-state index in [4.69, 9.17) is 37.7 Å². The molecule has 2 fully saturated rings. The molecule has 2 N–H and O–H groups in total. The molecule has 0 spiro atoms. The first-order valence-electron chi connectivity index (χ1n) is 20.1. The Balaban J connectivity index is 0.000000468. The van der Waals surface area contributed by atoms with E-state index in [9.17, 15) is 33.6 Å². The molecule has 1 aromatic rings. The summed E-state index contributed by atoms with van der Waals surface area (Å²) in [5.74, 6) is -2.65. The highest BCUT2D eigenvalue weighted by Gasteiger charge is 2.36. The number of aromatic nitrogens is 1. The number of nitriles is 2. The summed E-state index contributed by atoms with van der Waals surface area (Å²) in [6.07, 6.45) is 18.3. The summed E-state index contributed by atoms with van der Waals surface area (Å²) in [6, 6.07) is 3.30. The lowest BCUT2D eigenvalue weighted by atomic mass is 9.74. The van der Waals surface area contributed by atoms with Crippen LogP contribution < -0.4 is 14.8 Å². The summed E-state index contributed by atoms with van der Waals surface area (Å²) in [4.78, 5) is 83.9. The third-order valence-corrected chi connectivity index (χ3v) is 12.9. The van der Waals surface area contributed by atoms with Crippen LogP contribution in [-0.4, -0.2) is 77.5 Å². The maximum absolute atomic E-state index is 12.7. The van der Waals surface area contributed by atoms with Crippen molar-refractivity contribution in [1.82, 2.24) is 14.4 Å². The highest BCUT2D eigenvalue weighted by molar-refractivity contribution is 8.26. The molecule has 0 saturated carbocycles. The molecule has 4 rings (SSSR count). The molecule has 0 radical (unpaired) electrons. The number of thiocarbonyl (C=S) groups is 1. The lowest BCUT2D eigenvalue weighted by molar-refractivity contribution is -0.133. The van der Waals surface area contributed by atoms with Crippen molar-refractivity contribution >= 4 is 97.8 Å². The van der Waals surface area contributed by atoms with Crippen molar-refractivity contribution in [3.05, 3.63) is 77.1 Å². The Bertz CT molecular complexity index is 2320. The number of amides is 3. The van der Waals surface area contributed by atoms with E-state index in [1.165, 1.54) is 59.6 Å². The average molecular weight is 942 g/mol. The number of likely N-dealkylation sites (N-methyl/N-ethyl adjacent to an activating group) is 1. The minimum Gasteiger partial charge on any atom is -0.477 e. The standard InChI is InChI=1S/C18H24N2O5S2.C14H17NO2.C7H9NOS2.C5H5NO2/c1-3-5-6-7-8-9-10-19-16(23)14(27-18(19)24)17-20(11-25-12-21)15(22)13(4-2)26-17;1-4-5-10-6-11(8-14(2,3)7-10)12(9-15)13(16)17;1-3-5-6(9)8(4-2)7(10)11-5;1-2-4(3-6)5(7)8/h4,12H,3,5-11H2,1-2H3;4-6H,7-8H2,1-3H3,(H,16,17);3H,4H2,1-2H3;2H,1H3,(H,7,8)/b13-4+,17-14+;5-4+,12-11-;5-3+;4-2-. The van der Waals surface area contributed by atoms with Crippen molar-refractivity contribution in [2.45, 2.75) is 113 Å². The van der Waals surface area contributed by atoms with Gasteiger partial charge in [0.15, 0.2) is 6.73 Å². The van der Waals surface area contributed by atoms with Crippen LogP contribution in [0.1, 0.15) is 107 Å². The van der Waals surface area contributed by atoms with E-state index in [-0.39, 0.29) is 57.3 Å². The first-order chi connectivity index (χ1) is 29.9. The van der Waals surface area contributed by atoms with Crippen LogP contribution in [0.4, 0.5) is 4.79 Å². The van der Waals surface area contributed by atoms with Gasteiger partial charge in [0.25, 0.3) is 29.1 Å². The van der Waals surface area contributed by atoms with Gasteiger partial charge in [-0.05, 0) is 82.2 Å². The summed E-state index contributed by atoms with van der Waals surface area (Å²) < 4.78 is 7.38. The second-order valence-corrected chi connectivity index (χ2v) is 18.0. The van der Waals surface area contributed by atoms with E-state index in [0.29, 0.717) is 38.6 Å². The van der Waals surface area contributed by atoms with E-state index < -0.39 is 11.9 Å². The van der Waals surface area contributed by atoms with E-state index >= 15 is 0 Å². The first kappa shape index (κ1) is 55.7. The number of unbranched alkanes of at least 4 members (excludes halogenated alkanes) is 5. The van der Waals surface area contributed by atoms with Crippen LogP contribution in [0.25, 0.3) is 11.0 Å². The van der Waals surface area contributed by atoms with Crippen molar-refractivity contribution in [1.29, 1.82) is 10.5 Å². The molecule has 1 aromatic heterocycles. The molecule has 3 aliphatic rings. The zero-order chi connectivity index (χ0) is 47.9. The smallest absolute Gasteiger partial charge is 0.346 e. The minimum absolute atomic E-state index is 0.00350. The third-order valence-electron chi connectivity index (χ3n) is 9.05. The molecular formula is C44H55N5O10S4. The number of carbonyl (C=O) groups excluding carboxylic acids is 4. The van der Waals surface area contributed by atoms with Crippen LogP contribution in [0.5, 0.6) is 0 Å². The lowest BCUT2D eigenvalue weighted by Crippen LogP contribution is -2.34. The van der Waals surface area contributed by atoms with E-state index in [1.807, 2.05) is 39.0 Å². The van der Waals surface area contributed by atoms with Crippen LogP contribution in [0.15, 0.2) is 62.4 Å². The number of imide groups is 1. The highest BCUT2D eigenvalue weighted by Crippen LogP contribution is 2.39. The van der Waals surface area contributed by atoms with Gasteiger partial charge in [-0.3, -0.25) is 38.3 Å². The number of ether oxygens (including phenoxy) is 1. The third kappa shape index (κ3) is 17.0. The predicted molar refractivity (Wildman–Crippen MR) is 251 cm³/mol. The molecule has 0 bridgehead atoms. The molecule has 340 valence electrons. The normalized spacial score (nSPS) is 18.4. The summed E-state index contributed by atoms with van der Waals surface area (Å²) in [5, 5.41) is 33.6. The Hall–Kier alpha value is -5.34. The Kier molecular flexibility index (Phi) is 25.1. The fourth-order valence-corrected chi connectivity index (χ4v) is 9.43. The number of hydrogen-bond acceptors (Lipinski definition) is 14. The number of thiazole rings is 1. The Morgan fingerprint density at radius 1 is 0.905 bits per heavy atom. The van der Waals surface area contributed by atoms with Crippen LogP contribution in [0.2, 0.25) is 0 Å². The molecule has 15 nitrogen and oxygen atoms in total. The average Bonchev–Trinajstić information content (AvgIpc) is 3.81. The Labute approximate surface area is 385 Å². The number of allylic oxidation sites excluding steroid dienone is 7. The van der Waals surface area contributed by atoms with Gasteiger partial charge in [0, 0.05) is 13.1 Å². The first-order valence-corrected chi connectivity index (χ1v) is 22.9. The van der Waals surface area contributed by atoms with Gasteiger partial charge in [-0.25, -0.2) is 9.59 Å². The number of thioether (sulfide) groups is 2. The maximum atomic E-state index is 12.7. The van der Waals surface area contributed by atoms with Gasteiger partial charge in [0.1, 0.15) is 37.2 Å². The predicted octanol–water partition coefficient (Wildman–Crippen LogP) is 7.53. The molecule has 19 heteroatoms. The summed E-state index contributed by atoms with van der Waals surface area (Å²) in [7, 11) is 0. The number of aliphatic carboxylic acids is 2. The van der Waals surface area contributed by atoms with Crippen molar-refractivity contribution in [2.24, 2.45) is 5.41 Å². The van der Waals surface area contributed by atoms with Gasteiger partial charge < -0.3 is 14.9 Å². The lowest BCUT2D eigenvalue weighted by Gasteiger charge is -2.30. The zero-order valence-corrected chi connectivity index (χ0v) is 40.1. The van der Waals surface area contributed by atoms with Crippen LogP contribution >= 0.6 is 47.1 Å². The number of carboxylic acids is 2. The molecular weight excluding hydrogens is 887 g/mol. The second kappa shape index (κ2) is 28.4.